The maximum atomic E-state index is 11.3. The number of halogens is 3. The minimum atomic E-state index is -1.14. The third-order valence-electron chi connectivity index (χ3n) is 4.50. The zero-order chi connectivity index (χ0) is 19.8. The van der Waals surface area contributed by atoms with Gasteiger partial charge in [0.25, 0.3) is 5.69 Å². The van der Waals surface area contributed by atoms with E-state index in [4.69, 9.17) is 37.4 Å². The van der Waals surface area contributed by atoms with Crippen molar-refractivity contribution in [2.75, 3.05) is 19.0 Å². The number of nitro groups is 1. The van der Waals surface area contributed by atoms with Crippen LogP contribution in [0.1, 0.15) is 22.8 Å². The van der Waals surface area contributed by atoms with Crippen LogP contribution in [-0.4, -0.2) is 24.0 Å². The molecule has 2 aromatic rings. The number of methoxy groups -OCH3 is 1. The van der Waals surface area contributed by atoms with Gasteiger partial charge in [-0.1, -0.05) is 45.2 Å². The number of rotatable bonds is 5. The van der Waals surface area contributed by atoms with E-state index in [0.717, 1.165) is 0 Å². The fourth-order valence-electron chi connectivity index (χ4n) is 3.20. The summed E-state index contributed by atoms with van der Waals surface area (Å²) in [6.45, 7) is 1.85. The Kier molecular flexibility index (Phi) is 5.98. The van der Waals surface area contributed by atoms with Gasteiger partial charge in [0.05, 0.1) is 29.0 Å². The van der Waals surface area contributed by atoms with Gasteiger partial charge in [-0.3, -0.25) is 10.1 Å². The highest BCUT2D eigenvalue weighted by Gasteiger charge is 2.46. The number of hydrogen-bond acceptors (Lipinski definition) is 5. The molecule has 3 rings (SSSR count). The fraction of sp³-hybridized carbons (Fsp3) is 0.333. The van der Waals surface area contributed by atoms with Crippen LogP contribution in [0.15, 0.2) is 30.3 Å². The molecule has 6 nitrogen and oxygen atoms in total. The first-order valence-electron chi connectivity index (χ1n) is 7.98. The molecule has 0 saturated carbocycles. The average molecular weight is 477 g/mol. The van der Waals surface area contributed by atoms with Crippen LogP contribution in [0, 0.1) is 17.0 Å². The molecule has 9 heteroatoms. The molecule has 0 radical (unpaired) electrons. The van der Waals surface area contributed by atoms with E-state index in [1.54, 1.807) is 31.2 Å². The van der Waals surface area contributed by atoms with Gasteiger partial charge in [-0.05, 0) is 25.1 Å². The largest absolute Gasteiger partial charge is 0.496 e. The molecule has 0 N–H and O–H groups in total. The second-order valence-corrected chi connectivity index (χ2v) is 7.42. The van der Waals surface area contributed by atoms with E-state index in [1.165, 1.54) is 13.2 Å². The van der Waals surface area contributed by atoms with E-state index in [-0.39, 0.29) is 12.3 Å². The molecule has 0 bridgehead atoms. The molecule has 1 aliphatic heterocycles. The van der Waals surface area contributed by atoms with Gasteiger partial charge in [0.15, 0.2) is 0 Å². The van der Waals surface area contributed by atoms with Crippen molar-refractivity contribution in [2.45, 2.75) is 18.8 Å². The van der Waals surface area contributed by atoms with Crippen molar-refractivity contribution in [3.05, 3.63) is 67.2 Å². The summed E-state index contributed by atoms with van der Waals surface area (Å²) < 4.78 is 17.7. The van der Waals surface area contributed by atoms with Crippen molar-refractivity contribution in [1.82, 2.24) is 0 Å². The molecule has 0 aromatic heterocycles. The van der Waals surface area contributed by atoms with Crippen molar-refractivity contribution >= 4 is 44.8 Å². The summed E-state index contributed by atoms with van der Waals surface area (Å²) in [5, 5.41) is 12.5. The molecule has 2 aromatic carbocycles. The number of ether oxygens (including phenoxy) is 3. The maximum absolute atomic E-state index is 11.3. The van der Waals surface area contributed by atoms with Crippen molar-refractivity contribution in [2.24, 2.45) is 0 Å². The fourth-order valence-corrected chi connectivity index (χ4v) is 4.35. The summed E-state index contributed by atoms with van der Waals surface area (Å²) in [5.41, 5.74) is 1.67. The molecule has 27 heavy (non-hydrogen) atoms. The van der Waals surface area contributed by atoms with Gasteiger partial charge in [-0.15, -0.1) is 0 Å². The van der Waals surface area contributed by atoms with Gasteiger partial charge in [-0.2, -0.15) is 0 Å². The van der Waals surface area contributed by atoms with E-state index < -0.39 is 16.8 Å². The molecule has 2 atom stereocenters. The maximum Gasteiger partial charge on any atom is 0.272 e. The first-order chi connectivity index (χ1) is 12.8. The molecular formula is C18H16BrCl2NO5. The summed E-state index contributed by atoms with van der Waals surface area (Å²) >= 11 is 15.8. The van der Waals surface area contributed by atoms with E-state index in [9.17, 15) is 10.1 Å². The third-order valence-corrected chi connectivity index (χ3v) is 5.79. The molecule has 0 aliphatic carbocycles. The van der Waals surface area contributed by atoms with Crippen molar-refractivity contribution in [3.8, 4) is 5.75 Å². The van der Waals surface area contributed by atoms with Gasteiger partial charge in [-0.25, -0.2) is 0 Å². The Bertz CT molecular complexity index is 894. The lowest BCUT2D eigenvalue weighted by Crippen LogP contribution is -2.29. The van der Waals surface area contributed by atoms with Crippen LogP contribution in [0.25, 0.3) is 0 Å². The second-order valence-electron chi connectivity index (χ2n) is 6.01. The summed E-state index contributed by atoms with van der Waals surface area (Å²) in [6.07, 6.45) is -0.566. The highest BCUT2D eigenvalue weighted by Crippen LogP contribution is 2.47. The molecular weight excluding hydrogens is 461 g/mol. The predicted octanol–water partition coefficient (Wildman–Crippen LogP) is 5.55. The predicted molar refractivity (Wildman–Crippen MR) is 106 cm³/mol. The van der Waals surface area contributed by atoms with Gasteiger partial charge < -0.3 is 14.2 Å². The van der Waals surface area contributed by atoms with Crippen molar-refractivity contribution in [3.63, 3.8) is 0 Å². The quantitative estimate of drug-likeness (QED) is 0.321. The SMILES string of the molecule is COc1ccc([N+](=O)[O-])c(C)c1[C@@H]1CO[C@](CBr)(c2ccc(Cl)cc2Cl)O1. The summed E-state index contributed by atoms with van der Waals surface area (Å²) in [4.78, 5) is 10.9. The first kappa shape index (κ1) is 20.4. The van der Waals surface area contributed by atoms with Gasteiger partial charge in [0.1, 0.15) is 11.9 Å². The second kappa shape index (κ2) is 7.93. The Hall–Kier alpha value is -1.38. The Balaban J connectivity index is 2.04. The summed E-state index contributed by atoms with van der Waals surface area (Å²) in [6, 6.07) is 8.04. The first-order valence-corrected chi connectivity index (χ1v) is 9.86. The molecule has 0 spiro atoms. The van der Waals surface area contributed by atoms with Crippen molar-refractivity contribution in [1.29, 1.82) is 0 Å². The zero-order valence-corrected chi connectivity index (χ0v) is 17.6. The summed E-state index contributed by atoms with van der Waals surface area (Å²) in [5.74, 6) is -0.645. The van der Waals surface area contributed by atoms with Gasteiger partial charge in [0, 0.05) is 27.8 Å². The van der Waals surface area contributed by atoms with Crippen LogP contribution >= 0.6 is 39.1 Å². The molecule has 1 fully saturated rings. The number of nitro benzene ring substituents is 1. The third kappa shape index (κ3) is 3.67. The van der Waals surface area contributed by atoms with Crippen LogP contribution < -0.4 is 4.74 Å². The molecule has 1 aliphatic rings. The van der Waals surface area contributed by atoms with Crippen LogP contribution in [0.4, 0.5) is 5.69 Å². The standard InChI is InChI=1S/C18H16BrCl2NO5/c1-10-14(22(23)24)5-6-15(25-2)17(10)16-8-26-18(9-19,27-16)12-4-3-11(20)7-13(12)21/h3-7,16H,8-9H2,1-2H3/t16-,18-/m0/s1. The lowest BCUT2D eigenvalue weighted by molar-refractivity contribution is -0.385. The van der Waals surface area contributed by atoms with Crippen LogP contribution in [0.2, 0.25) is 10.0 Å². The highest BCUT2D eigenvalue weighted by molar-refractivity contribution is 9.09. The Morgan fingerprint density at radius 2 is 2.11 bits per heavy atom. The summed E-state index contributed by atoms with van der Waals surface area (Å²) in [7, 11) is 1.51. The normalized spacial score (nSPS) is 22.0. The molecule has 144 valence electrons. The number of hydrogen-bond donors (Lipinski definition) is 0. The molecule has 1 saturated heterocycles. The Morgan fingerprint density at radius 3 is 2.70 bits per heavy atom. The smallest absolute Gasteiger partial charge is 0.272 e. The van der Waals surface area contributed by atoms with E-state index in [2.05, 4.69) is 15.9 Å². The lowest BCUT2D eigenvalue weighted by Gasteiger charge is -2.28. The van der Waals surface area contributed by atoms with Crippen LogP contribution in [0.5, 0.6) is 5.75 Å². The number of benzene rings is 2. The Labute approximate surface area is 174 Å². The Morgan fingerprint density at radius 1 is 1.37 bits per heavy atom. The minimum Gasteiger partial charge on any atom is -0.496 e. The minimum absolute atomic E-state index is 0.00438. The molecule has 0 unspecified atom stereocenters. The van der Waals surface area contributed by atoms with Crippen LogP contribution in [0.3, 0.4) is 0 Å². The topological polar surface area (TPSA) is 70.8 Å². The lowest BCUT2D eigenvalue weighted by atomic mass is 10.0. The van der Waals surface area contributed by atoms with Crippen LogP contribution in [-0.2, 0) is 15.3 Å². The van der Waals surface area contributed by atoms with Gasteiger partial charge in [0.2, 0.25) is 5.79 Å². The monoisotopic (exact) mass is 475 g/mol. The average Bonchev–Trinajstić information content (AvgIpc) is 3.06. The number of alkyl halides is 1. The molecule has 1 heterocycles. The zero-order valence-electron chi connectivity index (χ0n) is 14.5. The highest BCUT2D eigenvalue weighted by atomic mass is 79.9. The van der Waals surface area contributed by atoms with E-state index in [0.29, 0.717) is 37.8 Å². The van der Waals surface area contributed by atoms with Crippen molar-refractivity contribution < 1.29 is 19.1 Å². The number of nitrogens with zero attached hydrogens (tertiary/aromatic N) is 1. The van der Waals surface area contributed by atoms with E-state index in [1.807, 2.05) is 0 Å². The van der Waals surface area contributed by atoms with E-state index >= 15 is 0 Å². The molecule has 0 amide bonds. The van der Waals surface area contributed by atoms with Gasteiger partial charge >= 0.3 is 0 Å².